The van der Waals surface area contributed by atoms with Crippen LogP contribution in [0.2, 0.25) is 0 Å². The summed E-state index contributed by atoms with van der Waals surface area (Å²) in [6, 6.07) is 0. The van der Waals surface area contributed by atoms with Crippen LogP contribution >= 0.6 is 0 Å². The maximum atomic E-state index is 11.8. The van der Waals surface area contributed by atoms with Crippen molar-refractivity contribution < 1.29 is 4.79 Å². The third kappa shape index (κ3) is 2.80. The van der Waals surface area contributed by atoms with Crippen LogP contribution in [0.1, 0.15) is 40.0 Å². The summed E-state index contributed by atoms with van der Waals surface area (Å²) in [6.45, 7) is 8.31. The molecule has 0 aromatic rings. The highest BCUT2D eigenvalue weighted by molar-refractivity contribution is 5.85. The molecule has 1 N–H and O–H groups in total. The Hall–Kier alpha value is -0.370. The van der Waals surface area contributed by atoms with Crippen LogP contribution in [0, 0.1) is 11.3 Å². The van der Waals surface area contributed by atoms with Crippen LogP contribution in [0.4, 0.5) is 0 Å². The molecule has 1 saturated heterocycles. The van der Waals surface area contributed by atoms with Crippen LogP contribution < -0.4 is 5.32 Å². The van der Waals surface area contributed by atoms with Crippen molar-refractivity contribution in [2.45, 2.75) is 40.0 Å². The molecule has 1 heterocycles. The van der Waals surface area contributed by atoms with Gasteiger partial charge in [0.15, 0.2) is 0 Å². The van der Waals surface area contributed by atoms with Gasteiger partial charge in [0.05, 0.1) is 0 Å². The van der Waals surface area contributed by atoms with E-state index in [4.69, 9.17) is 0 Å². The summed E-state index contributed by atoms with van der Waals surface area (Å²) in [6.07, 6.45) is 2.81. The lowest BCUT2D eigenvalue weighted by Gasteiger charge is -2.21. The summed E-state index contributed by atoms with van der Waals surface area (Å²) in [5, 5.41) is 3.26. The number of hydrogen-bond donors (Lipinski definition) is 1. The Labute approximate surface area is 81.1 Å². The molecule has 0 aromatic heterocycles. The second-order valence-electron chi connectivity index (χ2n) is 4.84. The van der Waals surface area contributed by atoms with Gasteiger partial charge in [-0.05, 0) is 25.3 Å². The van der Waals surface area contributed by atoms with Gasteiger partial charge in [-0.2, -0.15) is 0 Å². The van der Waals surface area contributed by atoms with Crippen molar-refractivity contribution >= 4 is 5.78 Å². The smallest absolute Gasteiger partial charge is 0.140 e. The van der Waals surface area contributed by atoms with Crippen molar-refractivity contribution in [3.05, 3.63) is 0 Å². The number of carbonyl (C=O) groups is 1. The van der Waals surface area contributed by atoms with Gasteiger partial charge in [0.1, 0.15) is 5.78 Å². The van der Waals surface area contributed by atoms with E-state index in [0.29, 0.717) is 11.7 Å². The van der Waals surface area contributed by atoms with E-state index in [9.17, 15) is 4.79 Å². The number of nitrogens with one attached hydrogen (secondary N) is 1. The molecule has 1 rings (SSSR count). The summed E-state index contributed by atoms with van der Waals surface area (Å²) in [5.41, 5.74) is -0.0606. The van der Waals surface area contributed by atoms with Crippen molar-refractivity contribution in [3.63, 3.8) is 0 Å². The Balaban J connectivity index is 2.38. The Bertz CT molecular complexity index is 181. The van der Waals surface area contributed by atoms with Gasteiger partial charge in [0.25, 0.3) is 0 Å². The molecule has 1 aliphatic heterocycles. The molecule has 1 fully saturated rings. The molecule has 1 atom stereocenters. The lowest BCUT2D eigenvalue weighted by molar-refractivity contribution is -0.127. The average Bonchev–Trinajstić information content (AvgIpc) is 2.49. The number of rotatable bonds is 4. The van der Waals surface area contributed by atoms with Crippen molar-refractivity contribution in [2.75, 3.05) is 13.1 Å². The first-order valence-corrected chi connectivity index (χ1v) is 5.28. The maximum Gasteiger partial charge on any atom is 0.140 e. The van der Waals surface area contributed by atoms with Gasteiger partial charge in [-0.1, -0.05) is 20.8 Å². The molecule has 0 spiro atoms. The van der Waals surface area contributed by atoms with Crippen LogP contribution in [-0.4, -0.2) is 18.9 Å². The molecule has 2 heteroatoms. The van der Waals surface area contributed by atoms with Crippen LogP contribution in [-0.2, 0) is 4.79 Å². The Morgan fingerprint density at radius 2 is 2.23 bits per heavy atom. The lowest BCUT2D eigenvalue weighted by Crippen LogP contribution is -2.30. The highest BCUT2D eigenvalue weighted by atomic mass is 16.1. The minimum Gasteiger partial charge on any atom is -0.316 e. The van der Waals surface area contributed by atoms with E-state index in [1.165, 1.54) is 0 Å². The fourth-order valence-corrected chi connectivity index (χ4v) is 1.78. The standard InChI is InChI=1S/C11H21NO/c1-9(2)4-5-10(13)11(3)6-7-12-8-11/h9,12H,4-8H2,1-3H3. The molecule has 1 unspecified atom stereocenters. The minimum atomic E-state index is -0.0606. The first kappa shape index (κ1) is 10.7. The Morgan fingerprint density at radius 3 is 2.69 bits per heavy atom. The van der Waals surface area contributed by atoms with Gasteiger partial charge in [0.2, 0.25) is 0 Å². The van der Waals surface area contributed by atoms with Crippen LogP contribution in [0.25, 0.3) is 0 Å². The van der Waals surface area contributed by atoms with E-state index in [1.807, 2.05) is 0 Å². The molecule has 0 aromatic carbocycles. The molecule has 0 aliphatic carbocycles. The van der Waals surface area contributed by atoms with Crippen LogP contribution in [0.3, 0.4) is 0 Å². The summed E-state index contributed by atoms with van der Waals surface area (Å²) in [5.74, 6) is 1.09. The highest BCUT2D eigenvalue weighted by Crippen LogP contribution is 2.28. The summed E-state index contributed by atoms with van der Waals surface area (Å²) < 4.78 is 0. The predicted molar refractivity (Wildman–Crippen MR) is 54.7 cm³/mol. The Morgan fingerprint density at radius 1 is 1.54 bits per heavy atom. The molecule has 0 saturated carbocycles. The molecule has 0 radical (unpaired) electrons. The third-order valence-corrected chi connectivity index (χ3v) is 2.99. The van der Waals surface area contributed by atoms with E-state index in [1.54, 1.807) is 0 Å². The van der Waals surface area contributed by atoms with E-state index in [-0.39, 0.29) is 5.41 Å². The second kappa shape index (κ2) is 4.23. The number of ketones is 1. The first-order valence-electron chi connectivity index (χ1n) is 5.28. The predicted octanol–water partition coefficient (Wildman–Crippen LogP) is 1.99. The largest absolute Gasteiger partial charge is 0.316 e. The minimum absolute atomic E-state index is 0.0606. The van der Waals surface area contributed by atoms with E-state index in [2.05, 4.69) is 26.1 Å². The van der Waals surface area contributed by atoms with Crippen molar-refractivity contribution in [1.29, 1.82) is 0 Å². The molecular formula is C11H21NO. The summed E-state index contributed by atoms with van der Waals surface area (Å²) in [7, 11) is 0. The van der Waals surface area contributed by atoms with Gasteiger partial charge in [0, 0.05) is 18.4 Å². The number of carbonyl (C=O) groups excluding carboxylic acids is 1. The summed E-state index contributed by atoms with van der Waals surface area (Å²) >= 11 is 0. The SMILES string of the molecule is CC(C)CCC(=O)C1(C)CCNC1. The second-order valence-corrected chi connectivity index (χ2v) is 4.84. The monoisotopic (exact) mass is 183 g/mol. The molecule has 0 amide bonds. The van der Waals surface area contributed by atoms with Gasteiger partial charge >= 0.3 is 0 Å². The van der Waals surface area contributed by atoms with E-state index >= 15 is 0 Å². The van der Waals surface area contributed by atoms with Crippen molar-refractivity contribution in [1.82, 2.24) is 5.32 Å². The highest BCUT2D eigenvalue weighted by Gasteiger charge is 2.35. The quantitative estimate of drug-likeness (QED) is 0.722. The normalized spacial score (nSPS) is 28.3. The van der Waals surface area contributed by atoms with Gasteiger partial charge in [-0.3, -0.25) is 4.79 Å². The molecule has 1 aliphatic rings. The Kier molecular flexibility index (Phi) is 3.48. The van der Waals surface area contributed by atoms with Crippen LogP contribution in [0.15, 0.2) is 0 Å². The number of Topliss-reactive ketones (excluding diaryl/α,β-unsaturated/α-hetero) is 1. The lowest BCUT2D eigenvalue weighted by atomic mass is 9.82. The van der Waals surface area contributed by atoms with E-state index in [0.717, 1.165) is 32.4 Å². The molecule has 2 nitrogen and oxygen atoms in total. The third-order valence-electron chi connectivity index (χ3n) is 2.99. The van der Waals surface area contributed by atoms with Gasteiger partial charge < -0.3 is 5.32 Å². The zero-order valence-electron chi connectivity index (χ0n) is 9.02. The van der Waals surface area contributed by atoms with Crippen molar-refractivity contribution in [3.8, 4) is 0 Å². The molecular weight excluding hydrogens is 162 g/mol. The van der Waals surface area contributed by atoms with E-state index < -0.39 is 0 Å². The zero-order chi connectivity index (χ0) is 9.90. The maximum absolute atomic E-state index is 11.8. The van der Waals surface area contributed by atoms with Crippen molar-refractivity contribution in [2.24, 2.45) is 11.3 Å². The topological polar surface area (TPSA) is 29.1 Å². The fourth-order valence-electron chi connectivity index (χ4n) is 1.78. The van der Waals surface area contributed by atoms with Gasteiger partial charge in [-0.15, -0.1) is 0 Å². The number of hydrogen-bond acceptors (Lipinski definition) is 2. The fraction of sp³-hybridized carbons (Fsp3) is 0.909. The van der Waals surface area contributed by atoms with Gasteiger partial charge in [-0.25, -0.2) is 0 Å². The summed E-state index contributed by atoms with van der Waals surface area (Å²) in [4.78, 5) is 11.8. The average molecular weight is 183 g/mol. The molecule has 76 valence electrons. The molecule has 13 heavy (non-hydrogen) atoms. The first-order chi connectivity index (χ1) is 6.04. The van der Waals surface area contributed by atoms with Crippen LogP contribution in [0.5, 0.6) is 0 Å². The zero-order valence-corrected chi connectivity index (χ0v) is 9.02. The molecule has 0 bridgehead atoms.